The molecule has 0 bridgehead atoms. The minimum Gasteiger partial charge on any atom is -0.352 e. The van der Waals surface area contributed by atoms with Gasteiger partial charge in [0.05, 0.1) is 4.90 Å². The normalized spacial score (nSPS) is 13.8. The SMILES string of the molecule is Cc1ccc(S(=O)(=O)NC2CC2)cc1C(=O)NCCC(c1ccccc1)c1ccccc1. The van der Waals surface area contributed by atoms with Gasteiger partial charge < -0.3 is 5.32 Å². The van der Waals surface area contributed by atoms with Gasteiger partial charge >= 0.3 is 0 Å². The Labute approximate surface area is 189 Å². The van der Waals surface area contributed by atoms with Crippen LogP contribution in [0, 0.1) is 6.92 Å². The average Bonchev–Trinajstić information content (AvgIpc) is 3.61. The van der Waals surface area contributed by atoms with Crippen molar-refractivity contribution < 1.29 is 13.2 Å². The van der Waals surface area contributed by atoms with E-state index in [0.717, 1.165) is 24.8 Å². The van der Waals surface area contributed by atoms with Crippen molar-refractivity contribution in [3.63, 3.8) is 0 Å². The van der Waals surface area contributed by atoms with E-state index in [4.69, 9.17) is 0 Å². The second-order valence-corrected chi connectivity index (χ2v) is 10.0. The van der Waals surface area contributed by atoms with Crippen LogP contribution in [0.2, 0.25) is 0 Å². The molecule has 0 atom stereocenters. The Morgan fingerprint density at radius 2 is 1.53 bits per heavy atom. The predicted molar refractivity (Wildman–Crippen MR) is 126 cm³/mol. The second-order valence-electron chi connectivity index (χ2n) is 8.29. The maximum absolute atomic E-state index is 12.9. The van der Waals surface area contributed by atoms with E-state index in [0.29, 0.717) is 12.1 Å². The van der Waals surface area contributed by atoms with Gasteiger partial charge in [-0.3, -0.25) is 4.79 Å². The molecule has 0 spiro atoms. The van der Waals surface area contributed by atoms with Crippen molar-refractivity contribution in [2.24, 2.45) is 0 Å². The van der Waals surface area contributed by atoms with Crippen molar-refractivity contribution in [2.75, 3.05) is 6.54 Å². The Hall–Kier alpha value is -2.96. The van der Waals surface area contributed by atoms with Crippen LogP contribution < -0.4 is 10.0 Å². The number of carbonyl (C=O) groups excluding carboxylic acids is 1. The summed E-state index contributed by atoms with van der Waals surface area (Å²) < 4.78 is 27.8. The van der Waals surface area contributed by atoms with Gasteiger partial charge in [0.15, 0.2) is 0 Å². The molecule has 166 valence electrons. The molecule has 0 aromatic heterocycles. The number of carbonyl (C=O) groups is 1. The summed E-state index contributed by atoms with van der Waals surface area (Å²) in [6, 6.07) is 25.2. The molecule has 1 saturated carbocycles. The van der Waals surface area contributed by atoms with Gasteiger partial charge in [0.1, 0.15) is 0 Å². The molecule has 6 heteroatoms. The van der Waals surface area contributed by atoms with Crippen molar-refractivity contribution in [1.29, 1.82) is 0 Å². The molecule has 1 aliphatic carbocycles. The Balaban J connectivity index is 1.46. The molecule has 3 aromatic carbocycles. The fourth-order valence-electron chi connectivity index (χ4n) is 3.82. The highest BCUT2D eigenvalue weighted by Crippen LogP contribution is 2.27. The molecule has 0 unspecified atom stereocenters. The van der Waals surface area contributed by atoms with E-state index in [1.807, 2.05) is 43.3 Å². The predicted octanol–water partition coefficient (Wildman–Crippen LogP) is 4.39. The van der Waals surface area contributed by atoms with Crippen molar-refractivity contribution in [2.45, 2.75) is 43.0 Å². The number of aryl methyl sites for hydroxylation is 1. The standard InChI is InChI=1S/C26H28N2O3S/c1-19-12-15-23(32(30,31)28-22-13-14-22)18-25(19)26(29)27-17-16-24(20-8-4-2-5-9-20)21-10-6-3-7-11-21/h2-12,15,18,22,24,28H,13-14,16-17H2,1H3,(H,27,29). The Kier molecular flexibility index (Phi) is 6.72. The van der Waals surface area contributed by atoms with E-state index in [-0.39, 0.29) is 22.8 Å². The first kappa shape index (κ1) is 22.2. The minimum absolute atomic E-state index is 0.0199. The monoisotopic (exact) mass is 448 g/mol. The summed E-state index contributed by atoms with van der Waals surface area (Å²) in [4.78, 5) is 13.0. The largest absolute Gasteiger partial charge is 0.352 e. The van der Waals surface area contributed by atoms with E-state index < -0.39 is 10.0 Å². The van der Waals surface area contributed by atoms with E-state index in [1.54, 1.807) is 12.1 Å². The summed E-state index contributed by atoms with van der Waals surface area (Å²) in [5, 5.41) is 2.99. The highest BCUT2D eigenvalue weighted by Gasteiger charge is 2.28. The molecule has 4 rings (SSSR count). The smallest absolute Gasteiger partial charge is 0.251 e. The number of sulfonamides is 1. The van der Waals surface area contributed by atoms with Crippen LogP contribution in [-0.4, -0.2) is 26.9 Å². The lowest BCUT2D eigenvalue weighted by Gasteiger charge is -2.19. The molecule has 1 fully saturated rings. The topological polar surface area (TPSA) is 75.3 Å². The van der Waals surface area contributed by atoms with Crippen molar-refractivity contribution in [3.8, 4) is 0 Å². The third-order valence-electron chi connectivity index (χ3n) is 5.79. The fraction of sp³-hybridized carbons (Fsp3) is 0.269. The molecule has 3 aromatic rings. The second kappa shape index (κ2) is 9.67. The molecule has 5 nitrogen and oxygen atoms in total. The molecule has 1 amide bonds. The van der Waals surface area contributed by atoms with Crippen molar-refractivity contribution in [1.82, 2.24) is 10.0 Å². The third kappa shape index (κ3) is 5.44. The van der Waals surface area contributed by atoms with Gasteiger partial charge in [0, 0.05) is 24.1 Å². The van der Waals surface area contributed by atoms with Gasteiger partial charge in [-0.2, -0.15) is 0 Å². The molecule has 0 radical (unpaired) electrons. The zero-order valence-corrected chi connectivity index (χ0v) is 18.9. The number of nitrogens with one attached hydrogen (secondary N) is 2. The minimum atomic E-state index is -3.61. The first-order valence-corrected chi connectivity index (χ1v) is 12.4. The highest BCUT2D eigenvalue weighted by molar-refractivity contribution is 7.89. The number of hydrogen-bond acceptors (Lipinski definition) is 3. The molecule has 0 heterocycles. The number of amides is 1. The van der Waals surface area contributed by atoms with Gasteiger partial charge in [-0.1, -0.05) is 66.7 Å². The lowest BCUT2D eigenvalue weighted by atomic mass is 9.88. The summed E-state index contributed by atoms with van der Waals surface area (Å²) >= 11 is 0. The summed E-state index contributed by atoms with van der Waals surface area (Å²) in [7, 11) is -3.61. The van der Waals surface area contributed by atoms with E-state index in [1.165, 1.54) is 17.2 Å². The average molecular weight is 449 g/mol. The fourth-order valence-corrected chi connectivity index (χ4v) is 5.15. The molecule has 0 aliphatic heterocycles. The lowest BCUT2D eigenvalue weighted by molar-refractivity contribution is 0.0952. The van der Waals surface area contributed by atoms with Crippen LogP contribution in [0.3, 0.4) is 0 Å². The first-order valence-electron chi connectivity index (χ1n) is 10.9. The summed E-state index contributed by atoms with van der Waals surface area (Å²) in [5.41, 5.74) is 3.53. The van der Waals surface area contributed by atoms with Crippen LogP contribution in [0.1, 0.15) is 52.2 Å². The molecule has 1 aliphatic rings. The van der Waals surface area contributed by atoms with Crippen molar-refractivity contribution in [3.05, 3.63) is 101 Å². The molecule has 0 saturated heterocycles. The van der Waals surface area contributed by atoms with Crippen LogP contribution in [0.15, 0.2) is 83.8 Å². The molecular weight excluding hydrogens is 420 g/mol. The van der Waals surface area contributed by atoms with Crippen molar-refractivity contribution >= 4 is 15.9 Å². The van der Waals surface area contributed by atoms with Crippen LogP contribution in [-0.2, 0) is 10.0 Å². The molecular formula is C26H28N2O3S. The lowest BCUT2D eigenvalue weighted by Crippen LogP contribution is -2.28. The summed E-state index contributed by atoms with van der Waals surface area (Å²) in [6.07, 6.45) is 2.46. The maximum Gasteiger partial charge on any atom is 0.251 e. The summed E-state index contributed by atoms with van der Waals surface area (Å²) in [5.74, 6) is -0.0981. The Bertz CT molecular complexity index is 1130. The van der Waals surface area contributed by atoms with Gasteiger partial charge in [-0.05, 0) is 55.0 Å². The van der Waals surface area contributed by atoms with Crippen LogP contribution in [0.25, 0.3) is 0 Å². The first-order chi connectivity index (χ1) is 15.4. The van der Waals surface area contributed by atoms with Crippen LogP contribution >= 0.6 is 0 Å². The maximum atomic E-state index is 12.9. The van der Waals surface area contributed by atoms with Gasteiger partial charge in [-0.25, -0.2) is 13.1 Å². The van der Waals surface area contributed by atoms with E-state index in [2.05, 4.69) is 34.3 Å². The zero-order chi connectivity index (χ0) is 22.6. The number of benzene rings is 3. The Morgan fingerprint density at radius 3 is 2.09 bits per heavy atom. The summed E-state index contributed by atoms with van der Waals surface area (Å²) in [6.45, 7) is 2.29. The van der Waals surface area contributed by atoms with E-state index in [9.17, 15) is 13.2 Å². The van der Waals surface area contributed by atoms with Gasteiger partial charge in [-0.15, -0.1) is 0 Å². The third-order valence-corrected chi connectivity index (χ3v) is 7.30. The Morgan fingerprint density at radius 1 is 0.938 bits per heavy atom. The molecule has 2 N–H and O–H groups in total. The highest BCUT2D eigenvalue weighted by atomic mass is 32.2. The van der Waals surface area contributed by atoms with Crippen LogP contribution in [0.5, 0.6) is 0 Å². The number of rotatable bonds is 9. The zero-order valence-electron chi connectivity index (χ0n) is 18.1. The quantitative estimate of drug-likeness (QED) is 0.510. The van der Waals surface area contributed by atoms with Crippen LogP contribution in [0.4, 0.5) is 0 Å². The van der Waals surface area contributed by atoms with E-state index >= 15 is 0 Å². The number of hydrogen-bond donors (Lipinski definition) is 2. The van der Waals surface area contributed by atoms with Gasteiger partial charge in [0.25, 0.3) is 5.91 Å². The molecule has 32 heavy (non-hydrogen) atoms. The van der Waals surface area contributed by atoms with Gasteiger partial charge in [0.2, 0.25) is 10.0 Å².